The molecule has 2 N–H and O–H groups in total. The van der Waals surface area contributed by atoms with E-state index in [1.54, 1.807) is 0 Å². The second kappa shape index (κ2) is 3.76. The van der Waals surface area contributed by atoms with Crippen LogP contribution in [0.2, 0.25) is 0 Å². The molecule has 0 atom stereocenters. The Balaban J connectivity index is 3.00. The first-order valence-corrected chi connectivity index (χ1v) is 3.80. The lowest BCUT2D eigenvalue weighted by Gasteiger charge is -1.98. The van der Waals surface area contributed by atoms with Crippen LogP contribution in [-0.2, 0) is 4.79 Å². The fraction of sp³-hybridized carbons (Fsp3) is 0.100. The third-order valence-corrected chi connectivity index (χ3v) is 1.51. The summed E-state index contributed by atoms with van der Waals surface area (Å²) in [6.45, 7) is 1.41. The maximum absolute atomic E-state index is 10.6. The molecule has 0 saturated carbocycles. The monoisotopic (exact) mass is 178 g/mol. The van der Waals surface area contributed by atoms with Crippen molar-refractivity contribution in [2.75, 3.05) is 0 Å². The zero-order valence-corrected chi connectivity index (χ0v) is 7.19. The highest BCUT2D eigenvalue weighted by atomic mass is 16.3. The quantitative estimate of drug-likeness (QED) is 0.535. The fourth-order valence-electron chi connectivity index (χ4n) is 0.883. The van der Waals surface area contributed by atoms with Gasteiger partial charge in [0, 0.05) is 5.56 Å². The summed E-state index contributed by atoms with van der Waals surface area (Å²) in [7, 11) is 0. The van der Waals surface area contributed by atoms with Gasteiger partial charge in [0.05, 0.1) is 0 Å². The molecule has 1 aromatic rings. The number of carbonyl (C=O) groups excluding carboxylic acids is 1. The van der Waals surface area contributed by atoms with E-state index in [1.807, 2.05) is 0 Å². The van der Waals surface area contributed by atoms with Gasteiger partial charge in [-0.3, -0.25) is 4.79 Å². The standard InChI is InChI=1S/C10H10O3/c1-7(11)2-3-8-6-9(12)4-5-10(8)13/h2-6,12-13H,1H3/b3-2+. The SMILES string of the molecule is CC(=O)/C=C/c1cc(O)ccc1O. The van der Waals surface area contributed by atoms with Crippen LogP contribution in [0.5, 0.6) is 11.5 Å². The highest BCUT2D eigenvalue weighted by Crippen LogP contribution is 2.22. The van der Waals surface area contributed by atoms with Crippen molar-refractivity contribution < 1.29 is 15.0 Å². The van der Waals surface area contributed by atoms with Gasteiger partial charge in [-0.25, -0.2) is 0 Å². The molecule has 3 nitrogen and oxygen atoms in total. The molecule has 0 bridgehead atoms. The first-order chi connectivity index (χ1) is 6.09. The molecule has 1 aromatic carbocycles. The number of aromatic hydroxyl groups is 2. The summed E-state index contributed by atoms with van der Waals surface area (Å²) < 4.78 is 0. The van der Waals surface area contributed by atoms with Crippen molar-refractivity contribution in [2.24, 2.45) is 0 Å². The molecule has 0 spiro atoms. The van der Waals surface area contributed by atoms with Crippen LogP contribution in [0.1, 0.15) is 12.5 Å². The Labute approximate surface area is 76.0 Å². The van der Waals surface area contributed by atoms with E-state index in [-0.39, 0.29) is 17.3 Å². The number of allylic oxidation sites excluding steroid dienone is 1. The van der Waals surface area contributed by atoms with E-state index in [1.165, 1.54) is 37.3 Å². The lowest BCUT2D eigenvalue weighted by molar-refractivity contribution is -0.112. The van der Waals surface area contributed by atoms with E-state index in [9.17, 15) is 9.90 Å². The number of hydrogen-bond donors (Lipinski definition) is 2. The normalized spacial score (nSPS) is 10.5. The summed E-state index contributed by atoms with van der Waals surface area (Å²) in [6, 6.07) is 4.13. The van der Waals surface area contributed by atoms with Crippen LogP contribution >= 0.6 is 0 Å². The lowest BCUT2D eigenvalue weighted by Crippen LogP contribution is -1.80. The second-order valence-electron chi connectivity index (χ2n) is 2.69. The minimum absolute atomic E-state index is 0.0373. The summed E-state index contributed by atoms with van der Waals surface area (Å²) in [5.74, 6) is -0.0148. The molecule has 0 unspecified atom stereocenters. The van der Waals surface area contributed by atoms with Gasteiger partial charge in [-0.2, -0.15) is 0 Å². The zero-order chi connectivity index (χ0) is 9.84. The van der Waals surface area contributed by atoms with Gasteiger partial charge >= 0.3 is 0 Å². The lowest BCUT2D eigenvalue weighted by atomic mass is 10.1. The average molecular weight is 178 g/mol. The molecule has 0 radical (unpaired) electrons. The van der Waals surface area contributed by atoms with Crippen LogP contribution in [0.15, 0.2) is 24.3 Å². The molecule has 0 aliphatic carbocycles. The molecule has 0 aliphatic heterocycles. The molecular formula is C10H10O3. The molecule has 0 aromatic heterocycles. The number of phenols is 2. The number of hydrogen-bond acceptors (Lipinski definition) is 3. The van der Waals surface area contributed by atoms with Crippen molar-refractivity contribution in [3.8, 4) is 11.5 Å². The number of carbonyl (C=O) groups is 1. The molecule has 1 rings (SSSR count). The largest absolute Gasteiger partial charge is 0.508 e. The fourth-order valence-corrected chi connectivity index (χ4v) is 0.883. The van der Waals surface area contributed by atoms with E-state index in [2.05, 4.69) is 0 Å². The van der Waals surface area contributed by atoms with Crippen molar-refractivity contribution in [1.29, 1.82) is 0 Å². The average Bonchev–Trinajstić information content (AvgIpc) is 2.06. The first-order valence-electron chi connectivity index (χ1n) is 3.80. The molecular weight excluding hydrogens is 168 g/mol. The third-order valence-electron chi connectivity index (χ3n) is 1.51. The summed E-state index contributed by atoms with van der Waals surface area (Å²) in [5.41, 5.74) is 0.426. The van der Waals surface area contributed by atoms with E-state index in [0.717, 1.165) is 0 Å². The maximum atomic E-state index is 10.6. The van der Waals surface area contributed by atoms with Gasteiger partial charge in [-0.1, -0.05) is 0 Å². The van der Waals surface area contributed by atoms with E-state index < -0.39 is 0 Å². The van der Waals surface area contributed by atoms with Crippen LogP contribution in [0.3, 0.4) is 0 Å². The molecule has 0 saturated heterocycles. The Kier molecular flexibility index (Phi) is 2.69. The first kappa shape index (κ1) is 9.32. The van der Waals surface area contributed by atoms with Crippen LogP contribution in [0, 0.1) is 0 Å². The Morgan fingerprint density at radius 3 is 2.69 bits per heavy atom. The molecule has 68 valence electrons. The highest BCUT2D eigenvalue weighted by Gasteiger charge is 1.98. The van der Waals surface area contributed by atoms with Gasteiger partial charge in [0.1, 0.15) is 11.5 Å². The Hall–Kier alpha value is -1.77. The molecule has 13 heavy (non-hydrogen) atoms. The van der Waals surface area contributed by atoms with Gasteiger partial charge in [0.25, 0.3) is 0 Å². The number of ketones is 1. The van der Waals surface area contributed by atoms with Crippen molar-refractivity contribution >= 4 is 11.9 Å². The molecule has 0 heterocycles. The van der Waals surface area contributed by atoms with Gasteiger partial charge in [0.2, 0.25) is 0 Å². The summed E-state index contributed by atoms with van der Waals surface area (Å²) >= 11 is 0. The summed E-state index contributed by atoms with van der Waals surface area (Å²) in [4.78, 5) is 10.6. The number of phenolic OH excluding ortho intramolecular Hbond substituents is 2. The van der Waals surface area contributed by atoms with Crippen molar-refractivity contribution in [3.05, 3.63) is 29.8 Å². The topological polar surface area (TPSA) is 57.5 Å². The Morgan fingerprint density at radius 1 is 1.38 bits per heavy atom. The zero-order valence-electron chi connectivity index (χ0n) is 7.19. The van der Waals surface area contributed by atoms with Gasteiger partial charge in [-0.05, 0) is 37.3 Å². The highest BCUT2D eigenvalue weighted by molar-refractivity contribution is 5.91. The van der Waals surface area contributed by atoms with Crippen molar-refractivity contribution in [1.82, 2.24) is 0 Å². The summed E-state index contributed by atoms with van der Waals surface area (Å²) in [6.07, 6.45) is 2.78. The predicted octanol–water partition coefficient (Wildman–Crippen LogP) is 1.70. The molecule has 0 aliphatic rings. The number of rotatable bonds is 2. The van der Waals surface area contributed by atoms with Crippen LogP contribution < -0.4 is 0 Å². The smallest absolute Gasteiger partial charge is 0.152 e. The van der Waals surface area contributed by atoms with E-state index >= 15 is 0 Å². The van der Waals surface area contributed by atoms with Crippen LogP contribution in [0.25, 0.3) is 6.08 Å². The van der Waals surface area contributed by atoms with Crippen molar-refractivity contribution in [2.45, 2.75) is 6.92 Å². The second-order valence-corrected chi connectivity index (χ2v) is 2.69. The Morgan fingerprint density at radius 2 is 2.08 bits per heavy atom. The van der Waals surface area contributed by atoms with E-state index in [4.69, 9.17) is 5.11 Å². The minimum Gasteiger partial charge on any atom is -0.508 e. The van der Waals surface area contributed by atoms with Gasteiger partial charge < -0.3 is 10.2 Å². The predicted molar refractivity (Wildman–Crippen MR) is 49.5 cm³/mol. The third kappa shape index (κ3) is 2.63. The molecule has 0 fully saturated rings. The van der Waals surface area contributed by atoms with Crippen molar-refractivity contribution in [3.63, 3.8) is 0 Å². The molecule has 3 heteroatoms. The molecule has 0 amide bonds. The number of benzene rings is 1. The Bertz CT molecular complexity index is 353. The minimum atomic E-state index is -0.109. The van der Waals surface area contributed by atoms with E-state index in [0.29, 0.717) is 5.56 Å². The van der Waals surface area contributed by atoms with Crippen LogP contribution in [0.4, 0.5) is 0 Å². The maximum Gasteiger partial charge on any atom is 0.152 e. The van der Waals surface area contributed by atoms with Crippen LogP contribution in [-0.4, -0.2) is 16.0 Å². The van der Waals surface area contributed by atoms with Gasteiger partial charge in [-0.15, -0.1) is 0 Å². The summed E-state index contributed by atoms with van der Waals surface area (Å²) in [5, 5.41) is 18.3. The van der Waals surface area contributed by atoms with Gasteiger partial charge in [0.15, 0.2) is 5.78 Å².